The van der Waals surface area contributed by atoms with Crippen molar-refractivity contribution in [2.45, 2.75) is 46.5 Å². The Labute approximate surface area is 224 Å². The van der Waals surface area contributed by atoms with Crippen LogP contribution >= 0.6 is 0 Å². The van der Waals surface area contributed by atoms with Crippen molar-refractivity contribution < 1.29 is 34.4 Å². The molecule has 2 aromatic heterocycles. The van der Waals surface area contributed by atoms with E-state index < -0.39 is 0 Å². The first-order valence-corrected chi connectivity index (χ1v) is 12.0. The first-order chi connectivity index (χ1) is 16.9. The van der Waals surface area contributed by atoms with Crippen molar-refractivity contribution in [1.29, 1.82) is 0 Å². The first kappa shape index (κ1) is 25.8. The number of hydrogen-bond donors (Lipinski definition) is 1. The molecule has 4 nitrogen and oxygen atoms in total. The molecule has 0 fully saturated rings. The van der Waals surface area contributed by atoms with Gasteiger partial charge in [0.05, 0.1) is 5.76 Å². The number of aromatic nitrogens is 1. The Morgan fingerprint density at radius 2 is 1.67 bits per heavy atom. The zero-order valence-corrected chi connectivity index (χ0v) is 23.0. The number of nitrogens with zero attached hydrogens (tertiary/aromatic N) is 1. The van der Waals surface area contributed by atoms with Gasteiger partial charge in [-0.2, -0.15) is 0 Å². The molecule has 0 bridgehead atoms. The summed E-state index contributed by atoms with van der Waals surface area (Å²) in [4.78, 5) is 14.7. The predicted molar refractivity (Wildman–Crippen MR) is 142 cm³/mol. The monoisotopic (exact) mass is 655 g/mol. The molecule has 0 saturated heterocycles. The normalized spacial score (nSPS) is 13.1. The molecule has 1 aliphatic rings. The van der Waals surface area contributed by atoms with Crippen molar-refractivity contribution in [1.82, 2.24) is 4.98 Å². The van der Waals surface area contributed by atoms with Crippen LogP contribution in [0.4, 0.5) is 0 Å². The maximum Gasteiger partial charge on any atom is 0.155 e. The summed E-state index contributed by atoms with van der Waals surface area (Å²) in [5, 5.41) is 13.1. The van der Waals surface area contributed by atoms with E-state index >= 15 is 0 Å². The second kappa shape index (κ2) is 10.8. The van der Waals surface area contributed by atoms with Crippen LogP contribution in [-0.4, -0.2) is 15.9 Å². The van der Waals surface area contributed by atoms with Crippen LogP contribution in [0.3, 0.4) is 0 Å². The SMILES string of the molecule is CC(=O)/C=C(/C)O.Cc1c[c-]c(-c2nccc3cc4oc5cc6c(cc5c4cc23)CCCC6)cc1.[Ir]. The van der Waals surface area contributed by atoms with Crippen molar-refractivity contribution in [2.75, 3.05) is 0 Å². The Balaban J connectivity index is 0.000000338. The quantitative estimate of drug-likeness (QED) is 0.120. The summed E-state index contributed by atoms with van der Waals surface area (Å²) < 4.78 is 6.26. The number of aliphatic hydroxyl groups is 1. The number of furan rings is 1. The molecule has 185 valence electrons. The summed E-state index contributed by atoms with van der Waals surface area (Å²) in [6.07, 6.45) is 7.95. The third kappa shape index (κ3) is 5.28. The van der Waals surface area contributed by atoms with E-state index in [1.807, 2.05) is 12.3 Å². The summed E-state index contributed by atoms with van der Waals surface area (Å²) in [5.74, 6) is -0.0625. The maximum atomic E-state index is 10.0. The van der Waals surface area contributed by atoms with Gasteiger partial charge in [-0.25, -0.2) is 0 Å². The molecule has 36 heavy (non-hydrogen) atoms. The predicted octanol–water partition coefficient (Wildman–Crippen LogP) is 7.82. The number of aryl methyl sites for hydroxylation is 3. The van der Waals surface area contributed by atoms with Gasteiger partial charge in [0, 0.05) is 43.2 Å². The topological polar surface area (TPSA) is 63.3 Å². The smallest absolute Gasteiger partial charge is 0.155 e. The van der Waals surface area contributed by atoms with Gasteiger partial charge < -0.3 is 14.5 Å². The number of aliphatic hydroxyl groups excluding tert-OH is 1. The third-order valence-corrected chi connectivity index (χ3v) is 6.45. The number of allylic oxidation sites excluding steroid dienone is 2. The third-order valence-electron chi connectivity index (χ3n) is 6.45. The molecule has 6 rings (SSSR count). The zero-order chi connectivity index (χ0) is 24.5. The van der Waals surface area contributed by atoms with E-state index in [4.69, 9.17) is 9.52 Å². The molecule has 5 heteroatoms. The number of carbonyl (C=O) groups is 1. The molecule has 2 heterocycles. The van der Waals surface area contributed by atoms with E-state index in [0.29, 0.717) is 0 Å². The van der Waals surface area contributed by atoms with Crippen LogP contribution in [0.25, 0.3) is 44.0 Å². The number of pyridine rings is 1. The maximum absolute atomic E-state index is 10.0. The van der Waals surface area contributed by atoms with E-state index in [2.05, 4.69) is 60.4 Å². The van der Waals surface area contributed by atoms with Gasteiger partial charge in [-0.3, -0.25) is 4.79 Å². The van der Waals surface area contributed by atoms with Gasteiger partial charge in [0.2, 0.25) is 0 Å². The van der Waals surface area contributed by atoms with Gasteiger partial charge in [-0.15, -0.1) is 35.4 Å². The number of hydrogen-bond acceptors (Lipinski definition) is 4. The second-order valence-corrected chi connectivity index (χ2v) is 9.33. The molecular weight excluding hydrogens is 627 g/mol. The molecule has 1 radical (unpaired) electrons. The van der Waals surface area contributed by atoms with Gasteiger partial charge in [-0.1, -0.05) is 6.92 Å². The van der Waals surface area contributed by atoms with Crippen LogP contribution in [0.5, 0.6) is 0 Å². The Bertz CT molecular complexity index is 1590. The molecular formula is C31H28IrNO3-. The van der Waals surface area contributed by atoms with Gasteiger partial charge in [0.25, 0.3) is 0 Å². The van der Waals surface area contributed by atoms with Crippen molar-refractivity contribution in [2.24, 2.45) is 0 Å². The molecule has 0 spiro atoms. The molecule has 1 N–H and O–H groups in total. The number of rotatable bonds is 2. The average molecular weight is 655 g/mol. The fraction of sp³-hybridized carbons (Fsp3) is 0.226. The number of benzene rings is 3. The minimum atomic E-state index is -0.125. The Kier molecular flexibility index (Phi) is 7.73. The Morgan fingerprint density at radius 3 is 2.31 bits per heavy atom. The van der Waals surface area contributed by atoms with E-state index in [1.165, 1.54) is 73.1 Å². The van der Waals surface area contributed by atoms with E-state index in [0.717, 1.165) is 33.2 Å². The van der Waals surface area contributed by atoms with Crippen molar-refractivity contribution in [3.63, 3.8) is 0 Å². The standard InChI is InChI=1S/C26H20NO.C5H8O2.Ir/c1-16-6-8-17(9-7-16)26-21-15-23-22-12-18-4-2-3-5-19(18)13-24(22)28-25(23)14-20(21)10-11-27-26;1-4(6)3-5(2)7;/h6-8,10-15H,2-5H2,1H3;3,6H,1-2H3;/q-1;;/b;4-3-;. The second-order valence-electron chi connectivity index (χ2n) is 9.33. The number of fused-ring (bicyclic) bond motifs is 5. The minimum Gasteiger partial charge on any atom is -0.512 e. The van der Waals surface area contributed by atoms with Crippen molar-refractivity contribution in [3.05, 3.63) is 89.3 Å². The molecule has 0 aliphatic heterocycles. The van der Waals surface area contributed by atoms with Crippen molar-refractivity contribution in [3.8, 4) is 11.3 Å². The van der Waals surface area contributed by atoms with E-state index in [9.17, 15) is 4.79 Å². The summed E-state index contributed by atoms with van der Waals surface area (Å²) in [6, 6.07) is 20.7. The largest absolute Gasteiger partial charge is 0.512 e. The van der Waals surface area contributed by atoms with Crippen LogP contribution in [-0.2, 0) is 37.7 Å². The molecule has 3 aromatic carbocycles. The van der Waals surface area contributed by atoms with Gasteiger partial charge in [-0.05, 0) is 97.5 Å². The van der Waals surface area contributed by atoms with Gasteiger partial charge in [0.15, 0.2) is 5.78 Å². The summed E-state index contributed by atoms with van der Waals surface area (Å²) in [7, 11) is 0. The van der Waals surface area contributed by atoms with Crippen LogP contribution < -0.4 is 0 Å². The summed E-state index contributed by atoms with van der Waals surface area (Å²) in [6.45, 7) is 4.93. The molecule has 5 aromatic rings. The number of ketones is 1. The molecule has 0 unspecified atom stereocenters. The van der Waals surface area contributed by atoms with Crippen LogP contribution in [0, 0.1) is 13.0 Å². The Hall–Kier alpha value is -3.27. The zero-order valence-electron chi connectivity index (χ0n) is 20.6. The summed E-state index contributed by atoms with van der Waals surface area (Å²) in [5.41, 5.74) is 8.11. The molecule has 0 amide bonds. The van der Waals surface area contributed by atoms with Crippen LogP contribution in [0.15, 0.2) is 71.0 Å². The molecule has 0 saturated carbocycles. The first-order valence-electron chi connectivity index (χ1n) is 12.0. The van der Waals surface area contributed by atoms with E-state index in [1.54, 1.807) is 0 Å². The minimum absolute atomic E-state index is 0. The van der Waals surface area contributed by atoms with Crippen LogP contribution in [0.1, 0.15) is 43.4 Å². The molecule has 0 atom stereocenters. The van der Waals surface area contributed by atoms with Gasteiger partial charge in [0.1, 0.15) is 11.2 Å². The Morgan fingerprint density at radius 1 is 0.972 bits per heavy atom. The van der Waals surface area contributed by atoms with E-state index in [-0.39, 0.29) is 31.6 Å². The average Bonchev–Trinajstić information content (AvgIpc) is 3.17. The fourth-order valence-corrected chi connectivity index (χ4v) is 4.83. The summed E-state index contributed by atoms with van der Waals surface area (Å²) >= 11 is 0. The molecule has 1 aliphatic carbocycles. The number of carbonyl (C=O) groups excluding carboxylic acids is 1. The fourth-order valence-electron chi connectivity index (χ4n) is 4.83. The van der Waals surface area contributed by atoms with Crippen molar-refractivity contribution >= 4 is 38.5 Å². The van der Waals surface area contributed by atoms with Gasteiger partial charge >= 0.3 is 0 Å². The van der Waals surface area contributed by atoms with Crippen LogP contribution in [0.2, 0.25) is 0 Å².